The minimum absolute atomic E-state index is 0.137. The number of aryl methyl sites for hydroxylation is 1. The number of amidine groups is 1. The molecular formula is C30H26F4N6O4S. The fourth-order valence-corrected chi connectivity index (χ4v) is 5.25. The number of benzene rings is 3. The van der Waals surface area contributed by atoms with Gasteiger partial charge in [-0.2, -0.15) is 4.99 Å². The Morgan fingerprint density at radius 1 is 1.11 bits per heavy atom. The van der Waals surface area contributed by atoms with Crippen LogP contribution in [0.3, 0.4) is 0 Å². The number of hydrogen-bond acceptors (Lipinski definition) is 7. The summed E-state index contributed by atoms with van der Waals surface area (Å²) in [7, 11) is 0. The smallest absolute Gasteiger partial charge is 0.470 e. The highest BCUT2D eigenvalue weighted by Gasteiger charge is 2.33. The van der Waals surface area contributed by atoms with Crippen LogP contribution in [0, 0.1) is 12.7 Å². The summed E-state index contributed by atoms with van der Waals surface area (Å²) in [6.45, 7) is 5.55. The van der Waals surface area contributed by atoms with E-state index in [1.165, 1.54) is 40.2 Å². The molecule has 5 rings (SSSR count). The van der Waals surface area contributed by atoms with Gasteiger partial charge < -0.3 is 14.8 Å². The van der Waals surface area contributed by atoms with E-state index in [0.717, 1.165) is 41.1 Å². The van der Waals surface area contributed by atoms with Gasteiger partial charge in [0.25, 0.3) is 0 Å². The van der Waals surface area contributed by atoms with E-state index in [1.54, 1.807) is 0 Å². The molecule has 0 atom stereocenters. The Hall–Kier alpha value is -4.92. The van der Waals surface area contributed by atoms with E-state index in [1.807, 2.05) is 39.0 Å². The third kappa shape index (κ3) is 7.60. The molecule has 1 aromatic heterocycles. The third-order valence-corrected chi connectivity index (χ3v) is 7.40. The first kappa shape index (κ1) is 31.5. The molecule has 2 heterocycles. The average Bonchev–Trinajstić information content (AvgIpc) is 3.60. The van der Waals surface area contributed by atoms with Crippen LogP contribution in [-0.4, -0.2) is 50.7 Å². The van der Waals surface area contributed by atoms with E-state index in [4.69, 9.17) is 4.74 Å². The number of alkyl halides is 3. The largest absolute Gasteiger partial charge is 0.573 e. The lowest BCUT2D eigenvalue weighted by Gasteiger charge is -2.22. The molecule has 0 saturated carbocycles. The number of carbonyl (C=O) groups excluding carboxylic acids is 2. The molecule has 0 unspecified atom stereocenters. The zero-order valence-electron chi connectivity index (χ0n) is 24.1. The molecule has 1 saturated heterocycles. The maximum atomic E-state index is 14.8. The summed E-state index contributed by atoms with van der Waals surface area (Å²) in [6.07, 6.45) is -3.48. The van der Waals surface area contributed by atoms with Crippen molar-refractivity contribution in [2.75, 3.05) is 17.4 Å². The van der Waals surface area contributed by atoms with Crippen molar-refractivity contribution in [3.05, 3.63) is 83.9 Å². The predicted octanol–water partition coefficient (Wildman–Crippen LogP) is 6.59. The second-order valence-electron chi connectivity index (χ2n) is 10.1. The number of ether oxygens (including phenoxy) is 2. The molecule has 45 heavy (non-hydrogen) atoms. The van der Waals surface area contributed by atoms with Crippen molar-refractivity contribution in [2.24, 2.45) is 4.99 Å². The Balaban J connectivity index is 1.20. The van der Waals surface area contributed by atoms with Crippen molar-refractivity contribution < 1.29 is 36.6 Å². The van der Waals surface area contributed by atoms with Crippen LogP contribution in [0.2, 0.25) is 0 Å². The van der Waals surface area contributed by atoms with Gasteiger partial charge in [-0.05, 0) is 72.5 Å². The molecular weight excluding hydrogens is 616 g/mol. The average molecular weight is 643 g/mol. The molecule has 4 aromatic rings. The van der Waals surface area contributed by atoms with Crippen LogP contribution >= 0.6 is 11.8 Å². The minimum atomic E-state index is -4.81. The number of urea groups is 1. The molecule has 10 nitrogen and oxygen atoms in total. The molecule has 0 bridgehead atoms. The number of nitrogens with zero attached hydrogens (tertiary/aromatic N) is 5. The molecule has 0 aliphatic carbocycles. The number of thioether (sulfide) groups is 1. The zero-order chi connectivity index (χ0) is 32.3. The van der Waals surface area contributed by atoms with Gasteiger partial charge in [-0.3, -0.25) is 9.69 Å². The Kier molecular flexibility index (Phi) is 9.09. The van der Waals surface area contributed by atoms with Gasteiger partial charge in [0.15, 0.2) is 29.3 Å². The molecule has 0 radical (unpaired) electrons. The lowest BCUT2D eigenvalue weighted by molar-refractivity contribution is -0.274. The van der Waals surface area contributed by atoms with Crippen molar-refractivity contribution in [1.29, 1.82) is 0 Å². The number of aliphatic imine (C=N–C) groups is 1. The van der Waals surface area contributed by atoms with Crippen molar-refractivity contribution in [3.63, 3.8) is 0 Å². The number of nitrogens with one attached hydrogen (secondary N) is 1. The van der Waals surface area contributed by atoms with Crippen LogP contribution in [0.1, 0.15) is 30.9 Å². The predicted molar refractivity (Wildman–Crippen MR) is 160 cm³/mol. The fourth-order valence-electron chi connectivity index (χ4n) is 4.40. The third-order valence-electron chi connectivity index (χ3n) is 6.48. The van der Waals surface area contributed by atoms with E-state index in [2.05, 4.69) is 25.1 Å². The summed E-state index contributed by atoms with van der Waals surface area (Å²) in [5, 5.41) is 6.92. The Labute approximate surface area is 259 Å². The van der Waals surface area contributed by atoms with Gasteiger partial charge in [-0.1, -0.05) is 37.7 Å². The molecule has 1 fully saturated rings. The monoisotopic (exact) mass is 642 g/mol. The quantitative estimate of drug-likeness (QED) is 0.171. The van der Waals surface area contributed by atoms with Crippen LogP contribution in [-0.2, 0) is 4.79 Å². The molecule has 1 aliphatic rings. The van der Waals surface area contributed by atoms with Gasteiger partial charge in [0.05, 0.1) is 17.1 Å². The van der Waals surface area contributed by atoms with Crippen molar-refractivity contribution in [2.45, 2.75) is 33.1 Å². The summed E-state index contributed by atoms with van der Waals surface area (Å²) in [6, 6.07) is 14.0. The maximum absolute atomic E-state index is 14.8. The summed E-state index contributed by atoms with van der Waals surface area (Å²) in [4.78, 5) is 34.9. The normalized spacial score (nSPS) is 14.4. The van der Waals surface area contributed by atoms with E-state index < -0.39 is 24.9 Å². The lowest BCUT2D eigenvalue weighted by Crippen LogP contribution is -2.33. The number of amides is 3. The molecule has 15 heteroatoms. The number of anilines is 1. The van der Waals surface area contributed by atoms with E-state index in [0.29, 0.717) is 16.9 Å². The Bertz CT molecular complexity index is 1760. The van der Waals surface area contributed by atoms with E-state index >= 15 is 0 Å². The van der Waals surface area contributed by atoms with Gasteiger partial charge in [0, 0.05) is 5.56 Å². The first-order chi connectivity index (χ1) is 21.4. The number of carbonyl (C=O) groups is 2. The molecule has 0 spiro atoms. The van der Waals surface area contributed by atoms with Gasteiger partial charge in [0.1, 0.15) is 12.1 Å². The SMILES string of the molecule is Cc1ccc(C(C)C)c(N2C(=O)CS/C2=N\C(=O)NCOc2ccc(-c3ncn(-c4ccc(OC(F)(F)F)cc4)n3)cc2F)c1. The number of halogens is 4. The van der Waals surface area contributed by atoms with Gasteiger partial charge in [0.2, 0.25) is 5.91 Å². The summed E-state index contributed by atoms with van der Waals surface area (Å²) >= 11 is 1.15. The first-order valence-electron chi connectivity index (χ1n) is 13.5. The van der Waals surface area contributed by atoms with Gasteiger partial charge in [-0.15, -0.1) is 18.3 Å². The number of rotatable bonds is 8. The molecule has 1 N–H and O–H groups in total. The highest BCUT2D eigenvalue weighted by molar-refractivity contribution is 8.15. The lowest BCUT2D eigenvalue weighted by atomic mass is 9.99. The zero-order valence-corrected chi connectivity index (χ0v) is 24.9. The Morgan fingerprint density at radius 3 is 2.56 bits per heavy atom. The van der Waals surface area contributed by atoms with Crippen molar-refractivity contribution in [3.8, 4) is 28.6 Å². The van der Waals surface area contributed by atoms with Crippen LogP contribution < -0.4 is 19.7 Å². The van der Waals surface area contributed by atoms with Crippen LogP contribution in [0.15, 0.2) is 72.0 Å². The summed E-state index contributed by atoms with van der Waals surface area (Å²) < 4.78 is 62.6. The molecule has 3 aromatic carbocycles. The number of hydrogen-bond donors (Lipinski definition) is 1. The van der Waals surface area contributed by atoms with Crippen molar-refractivity contribution >= 4 is 34.6 Å². The highest BCUT2D eigenvalue weighted by Crippen LogP contribution is 2.34. The second-order valence-corrected chi connectivity index (χ2v) is 11.0. The van der Waals surface area contributed by atoms with Gasteiger partial charge in [-0.25, -0.2) is 18.9 Å². The fraction of sp³-hybridized carbons (Fsp3) is 0.233. The first-order valence-corrected chi connectivity index (χ1v) is 14.5. The summed E-state index contributed by atoms with van der Waals surface area (Å²) in [5.74, 6) is -1.04. The standard InChI is InChI=1S/C30H26F4N6O4S/c1-17(2)22-10-4-18(3)12-24(22)40-26(41)14-45-29(40)37-28(42)36-16-43-25-11-5-19(13-23(25)31)27-35-15-39(38-27)20-6-8-21(9-7-20)44-30(32,33)34/h4-13,15,17H,14,16H2,1-3H3,(H,36,42)/b37-29-. The molecule has 3 amide bonds. The topological polar surface area (TPSA) is 111 Å². The molecule has 1 aliphatic heterocycles. The van der Waals surface area contributed by atoms with Crippen LogP contribution in [0.4, 0.5) is 28.0 Å². The molecule has 234 valence electrons. The van der Waals surface area contributed by atoms with E-state index in [-0.39, 0.29) is 40.1 Å². The highest BCUT2D eigenvalue weighted by atomic mass is 32.2. The maximum Gasteiger partial charge on any atom is 0.573 e. The second kappa shape index (κ2) is 13.0. The van der Waals surface area contributed by atoms with Crippen molar-refractivity contribution in [1.82, 2.24) is 20.1 Å². The van der Waals surface area contributed by atoms with Gasteiger partial charge >= 0.3 is 12.4 Å². The minimum Gasteiger partial charge on any atom is -0.470 e. The Morgan fingerprint density at radius 2 is 1.87 bits per heavy atom. The number of aromatic nitrogens is 3. The summed E-state index contributed by atoms with van der Waals surface area (Å²) in [5.41, 5.74) is 3.30. The van der Waals surface area contributed by atoms with Crippen LogP contribution in [0.5, 0.6) is 11.5 Å². The van der Waals surface area contributed by atoms with Crippen LogP contribution in [0.25, 0.3) is 17.1 Å². The van der Waals surface area contributed by atoms with E-state index in [9.17, 15) is 27.2 Å².